The van der Waals surface area contributed by atoms with Crippen molar-refractivity contribution in [2.75, 3.05) is 4.90 Å². The van der Waals surface area contributed by atoms with Gasteiger partial charge in [0.2, 0.25) is 0 Å². The standard InChI is InChI=1S/C15H18BrFN2/c1-9(2)15-14(18)10(3)6-7-19(15)11-4-5-13(17)12(16)8-11/h4-9,15H,18H2,1-3H3. The van der Waals surface area contributed by atoms with Crippen LogP contribution in [0.25, 0.3) is 0 Å². The van der Waals surface area contributed by atoms with Gasteiger partial charge in [0.15, 0.2) is 0 Å². The number of nitrogens with two attached hydrogens (primary N) is 1. The Balaban J connectivity index is 2.43. The molecule has 102 valence electrons. The maximum Gasteiger partial charge on any atom is 0.137 e. The van der Waals surface area contributed by atoms with Crippen molar-refractivity contribution in [3.05, 3.63) is 52.0 Å². The summed E-state index contributed by atoms with van der Waals surface area (Å²) in [4.78, 5) is 2.09. The van der Waals surface area contributed by atoms with E-state index in [1.165, 1.54) is 6.07 Å². The fourth-order valence-corrected chi connectivity index (χ4v) is 2.70. The van der Waals surface area contributed by atoms with Crippen LogP contribution in [0.4, 0.5) is 10.1 Å². The third-order valence-electron chi connectivity index (χ3n) is 3.39. The van der Waals surface area contributed by atoms with E-state index < -0.39 is 0 Å². The molecular weight excluding hydrogens is 307 g/mol. The second-order valence-electron chi connectivity index (χ2n) is 5.15. The highest BCUT2D eigenvalue weighted by Gasteiger charge is 2.27. The first-order chi connectivity index (χ1) is 8.91. The van der Waals surface area contributed by atoms with Gasteiger partial charge >= 0.3 is 0 Å². The minimum absolute atomic E-state index is 0.0994. The largest absolute Gasteiger partial charge is 0.400 e. The molecule has 0 aromatic heterocycles. The summed E-state index contributed by atoms with van der Waals surface area (Å²) < 4.78 is 13.8. The highest BCUT2D eigenvalue weighted by Crippen LogP contribution is 2.31. The molecule has 1 aromatic carbocycles. The molecule has 1 atom stereocenters. The van der Waals surface area contributed by atoms with Gasteiger partial charge in [-0.3, -0.25) is 0 Å². The van der Waals surface area contributed by atoms with Gasteiger partial charge in [0.1, 0.15) is 5.82 Å². The van der Waals surface area contributed by atoms with E-state index in [0.29, 0.717) is 10.4 Å². The van der Waals surface area contributed by atoms with Crippen molar-refractivity contribution in [1.29, 1.82) is 0 Å². The average Bonchev–Trinajstić information content (AvgIpc) is 2.35. The molecule has 19 heavy (non-hydrogen) atoms. The van der Waals surface area contributed by atoms with Crippen molar-refractivity contribution in [1.82, 2.24) is 0 Å². The van der Waals surface area contributed by atoms with E-state index >= 15 is 0 Å². The monoisotopic (exact) mass is 324 g/mol. The molecule has 0 fully saturated rings. The van der Waals surface area contributed by atoms with Gasteiger partial charge in [-0.2, -0.15) is 0 Å². The van der Waals surface area contributed by atoms with Gasteiger partial charge in [-0.05, 0) is 58.6 Å². The summed E-state index contributed by atoms with van der Waals surface area (Å²) >= 11 is 3.23. The Hall–Kier alpha value is -1.29. The first-order valence-corrected chi connectivity index (χ1v) is 7.09. The number of allylic oxidation sites excluding steroid dienone is 2. The molecule has 0 bridgehead atoms. The van der Waals surface area contributed by atoms with Gasteiger partial charge in [0, 0.05) is 17.6 Å². The molecular formula is C15H18BrFN2. The molecule has 2 rings (SSSR count). The van der Waals surface area contributed by atoms with Crippen molar-refractivity contribution in [3.63, 3.8) is 0 Å². The Labute approximate surface area is 121 Å². The predicted octanol–water partition coefficient (Wildman–Crippen LogP) is 4.18. The number of hydrogen-bond donors (Lipinski definition) is 1. The van der Waals surface area contributed by atoms with Crippen LogP contribution in [0.1, 0.15) is 20.8 Å². The van der Waals surface area contributed by atoms with Gasteiger partial charge in [-0.1, -0.05) is 13.8 Å². The number of hydrogen-bond acceptors (Lipinski definition) is 2. The Morgan fingerprint density at radius 1 is 1.37 bits per heavy atom. The van der Waals surface area contributed by atoms with E-state index in [1.54, 1.807) is 12.1 Å². The molecule has 4 heteroatoms. The normalized spacial score (nSPS) is 19.5. The van der Waals surface area contributed by atoms with Crippen LogP contribution in [0.15, 0.2) is 46.2 Å². The minimum Gasteiger partial charge on any atom is -0.400 e. The molecule has 0 saturated heterocycles. The van der Waals surface area contributed by atoms with Crippen LogP contribution in [-0.4, -0.2) is 6.04 Å². The van der Waals surface area contributed by atoms with E-state index in [4.69, 9.17) is 5.73 Å². The number of anilines is 1. The smallest absolute Gasteiger partial charge is 0.137 e. The molecule has 1 aromatic rings. The summed E-state index contributed by atoms with van der Waals surface area (Å²) in [6.07, 6.45) is 4.00. The number of benzene rings is 1. The average molecular weight is 325 g/mol. The molecule has 2 nitrogen and oxygen atoms in total. The zero-order valence-corrected chi connectivity index (χ0v) is 12.9. The lowest BCUT2D eigenvalue weighted by Gasteiger charge is -2.37. The summed E-state index contributed by atoms with van der Waals surface area (Å²) in [6.45, 7) is 6.28. The fraction of sp³-hybridized carbons (Fsp3) is 0.333. The van der Waals surface area contributed by atoms with Crippen LogP contribution in [-0.2, 0) is 0 Å². The Kier molecular flexibility index (Phi) is 3.99. The van der Waals surface area contributed by atoms with Crippen molar-refractivity contribution in [2.45, 2.75) is 26.8 Å². The SMILES string of the molecule is CC1=C(N)C(C(C)C)N(c2ccc(F)c(Br)c2)C=C1. The summed E-state index contributed by atoms with van der Waals surface area (Å²) in [5, 5.41) is 0. The van der Waals surface area contributed by atoms with Crippen LogP contribution in [0, 0.1) is 11.7 Å². The number of nitrogens with zero attached hydrogens (tertiary/aromatic N) is 1. The van der Waals surface area contributed by atoms with E-state index in [1.807, 2.05) is 19.2 Å². The second-order valence-corrected chi connectivity index (χ2v) is 6.00. The molecule has 0 saturated carbocycles. The molecule has 0 aliphatic carbocycles. The maximum absolute atomic E-state index is 13.3. The van der Waals surface area contributed by atoms with Gasteiger partial charge in [0.25, 0.3) is 0 Å². The van der Waals surface area contributed by atoms with Gasteiger partial charge in [0.05, 0.1) is 10.5 Å². The fourth-order valence-electron chi connectivity index (χ4n) is 2.34. The van der Waals surface area contributed by atoms with Crippen molar-refractivity contribution in [2.24, 2.45) is 11.7 Å². The van der Waals surface area contributed by atoms with Gasteiger partial charge < -0.3 is 10.6 Å². The van der Waals surface area contributed by atoms with E-state index in [-0.39, 0.29) is 11.9 Å². The van der Waals surface area contributed by atoms with Crippen molar-refractivity contribution in [3.8, 4) is 0 Å². The van der Waals surface area contributed by atoms with E-state index in [2.05, 4.69) is 34.7 Å². The molecule has 2 N–H and O–H groups in total. The third-order valence-corrected chi connectivity index (χ3v) is 4.00. The van der Waals surface area contributed by atoms with Crippen LogP contribution >= 0.6 is 15.9 Å². The van der Waals surface area contributed by atoms with Gasteiger partial charge in [-0.15, -0.1) is 0 Å². The summed E-state index contributed by atoms with van der Waals surface area (Å²) in [5.74, 6) is 0.106. The molecule has 0 radical (unpaired) electrons. The third kappa shape index (κ3) is 2.68. The van der Waals surface area contributed by atoms with E-state index in [0.717, 1.165) is 17.0 Å². The minimum atomic E-state index is -0.259. The lowest BCUT2D eigenvalue weighted by Crippen LogP contribution is -2.41. The Morgan fingerprint density at radius 3 is 2.63 bits per heavy atom. The number of rotatable bonds is 2. The molecule has 0 amide bonds. The second kappa shape index (κ2) is 5.37. The molecule has 0 spiro atoms. The van der Waals surface area contributed by atoms with Crippen LogP contribution in [0.5, 0.6) is 0 Å². The van der Waals surface area contributed by atoms with Gasteiger partial charge in [-0.25, -0.2) is 4.39 Å². The molecule has 1 heterocycles. The van der Waals surface area contributed by atoms with Crippen LogP contribution in [0.3, 0.4) is 0 Å². The summed E-state index contributed by atoms with van der Waals surface area (Å²) in [7, 11) is 0. The topological polar surface area (TPSA) is 29.3 Å². The maximum atomic E-state index is 13.3. The van der Waals surface area contributed by atoms with Crippen molar-refractivity contribution >= 4 is 21.6 Å². The van der Waals surface area contributed by atoms with Crippen LogP contribution in [0.2, 0.25) is 0 Å². The first kappa shape index (κ1) is 14.1. The lowest BCUT2D eigenvalue weighted by molar-refractivity contribution is 0.524. The summed E-state index contributed by atoms with van der Waals surface area (Å²) in [5.41, 5.74) is 9.12. The highest BCUT2D eigenvalue weighted by molar-refractivity contribution is 9.10. The van der Waals surface area contributed by atoms with Crippen LogP contribution < -0.4 is 10.6 Å². The molecule has 1 aliphatic heterocycles. The lowest BCUT2D eigenvalue weighted by atomic mass is 9.93. The first-order valence-electron chi connectivity index (χ1n) is 6.29. The number of halogens is 2. The highest BCUT2D eigenvalue weighted by atomic mass is 79.9. The predicted molar refractivity (Wildman–Crippen MR) is 81.2 cm³/mol. The summed E-state index contributed by atoms with van der Waals surface area (Å²) in [6, 6.07) is 5.12. The van der Waals surface area contributed by atoms with E-state index in [9.17, 15) is 4.39 Å². The molecule has 1 aliphatic rings. The Bertz CT molecular complexity index is 549. The molecule has 1 unspecified atom stereocenters. The van der Waals surface area contributed by atoms with Crippen molar-refractivity contribution < 1.29 is 4.39 Å². The zero-order valence-electron chi connectivity index (χ0n) is 11.3. The Morgan fingerprint density at radius 2 is 2.05 bits per heavy atom. The zero-order chi connectivity index (χ0) is 14.2. The quantitative estimate of drug-likeness (QED) is 0.884.